The zero-order valence-electron chi connectivity index (χ0n) is 67.5. The van der Waals surface area contributed by atoms with Gasteiger partial charge in [-0.25, -0.2) is 0 Å². The first-order valence-electron chi connectivity index (χ1n) is 43.7. The van der Waals surface area contributed by atoms with E-state index in [1.165, 1.54) is 321 Å². The van der Waals surface area contributed by atoms with Crippen LogP contribution >= 0.6 is 0 Å². The molecule has 101 heavy (non-hydrogen) atoms. The highest BCUT2D eigenvalue weighted by molar-refractivity contribution is 5.70. The molecule has 9 heteroatoms. The van der Waals surface area contributed by atoms with Crippen molar-refractivity contribution in [3.05, 3.63) is 85.1 Å². The zero-order chi connectivity index (χ0) is 73.2. The van der Waals surface area contributed by atoms with Gasteiger partial charge in [-0.3, -0.25) is 9.59 Å². The Bertz CT molecular complexity index is 1940. The topological polar surface area (TPSA) is 111 Å². The Labute approximate surface area is 627 Å². The van der Waals surface area contributed by atoms with Crippen LogP contribution in [0.15, 0.2) is 85.1 Å². The number of carbonyl (C=O) groups is 3. The summed E-state index contributed by atoms with van der Waals surface area (Å²) in [5.74, 6) is -2.25. The van der Waals surface area contributed by atoms with Gasteiger partial charge in [-0.1, -0.05) is 407 Å². The minimum absolute atomic E-state index is 0.150. The van der Waals surface area contributed by atoms with Crippen LogP contribution in [0, 0.1) is 0 Å². The molecule has 0 aliphatic carbocycles. The summed E-state index contributed by atoms with van der Waals surface area (Å²) in [7, 11) is 5.95. The molecule has 0 fully saturated rings. The molecule has 0 aromatic carbocycles. The molecular formula is C92H167NO8. The molecule has 0 saturated heterocycles. The molecule has 0 aromatic rings. The van der Waals surface area contributed by atoms with Crippen molar-refractivity contribution in [3.8, 4) is 0 Å². The third-order valence-corrected chi connectivity index (χ3v) is 19.6. The summed E-state index contributed by atoms with van der Waals surface area (Å²) >= 11 is 0. The SMILES string of the molecule is CC/C=C\C/C=C\C/C=C\C/C=C\C/C=C\CCCCCCCCCCCCCCCCCCCCCCCCCCCC(=O)OC(COC(=O)CCCCCCCCCCCCCCCCCCCCCCCCC/C=C\C/C=C\CCCCCCC)COC(OCC[N+](C)(C)C)C(=O)[O-]. The Morgan fingerprint density at radius 3 is 0.842 bits per heavy atom. The van der Waals surface area contributed by atoms with Crippen molar-refractivity contribution in [1.82, 2.24) is 0 Å². The maximum atomic E-state index is 13.0. The van der Waals surface area contributed by atoms with E-state index in [1.54, 1.807) is 0 Å². The van der Waals surface area contributed by atoms with Gasteiger partial charge >= 0.3 is 11.9 Å². The maximum absolute atomic E-state index is 13.0. The summed E-state index contributed by atoms with van der Waals surface area (Å²) in [5, 5.41) is 11.9. The van der Waals surface area contributed by atoms with E-state index in [4.69, 9.17) is 18.9 Å². The molecule has 0 radical (unpaired) electrons. The number of hydrogen-bond donors (Lipinski definition) is 0. The average molecular weight is 1420 g/mol. The summed E-state index contributed by atoms with van der Waals surface area (Å²) in [6.07, 6.45) is 110. The molecule has 0 rings (SSSR count). The molecule has 0 bridgehead atoms. The van der Waals surface area contributed by atoms with Gasteiger partial charge in [-0.15, -0.1) is 0 Å². The van der Waals surface area contributed by atoms with Crippen molar-refractivity contribution < 1.29 is 42.9 Å². The normalized spacial score (nSPS) is 13.0. The van der Waals surface area contributed by atoms with Crippen LogP contribution in [0.5, 0.6) is 0 Å². The van der Waals surface area contributed by atoms with Crippen LogP contribution in [0.2, 0.25) is 0 Å². The summed E-state index contributed by atoms with van der Waals surface area (Å²) in [6.45, 7) is 4.69. The fraction of sp³-hybridized carbons (Fsp3) is 0.815. The van der Waals surface area contributed by atoms with Crippen LogP contribution in [0.1, 0.15) is 425 Å². The van der Waals surface area contributed by atoms with Gasteiger partial charge < -0.3 is 33.3 Å². The van der Waals surface area contributed by atoms with Crippen molar-refractivity contribution in [2.75, 3.05) is 47.5 Å². The molecule has 0 N–H and O–H groups in total. The van der Waals surface area contributed by atoms with E-state index in [2.05, 4.69) is 98.9 Å². The van der Waals surface area contributed by atoms with E-state index in [0.29, 0.717) is 17.4 Å². The molecule has 0 heterocycles. The molecule has 588 valence electrons. The third-order valence-electron chi connectivity index (χ3n) is 19.6. The summed E-state index contributed by atoms with van der Waals surface area (Å²) in [5.41, 5.74) is 0. The first-order chi connectivity index (χ1) is 49.6. The third kappa shape index (κ3) is 83.6. The lowest BCUT2D eigenvalue weighted by Gasteiger charge is -2.26. The van der Waals surface area contributed by atoms with Crippen molar-refractivity contribution in [3.63, 3.8) is 0 Å². The number of unbranched alkanes of at least 4 members (excludes halogenated alkanes) is 53. The van der Waals surface area contributed by atoms with Gasteiger partial charge in [0.25, 0.3) is 0 Å². The number of quaternary nitrogens is 1. The van der Waals surface area contributed by atoms with Gasteiger partial charge in [-0.05, 0) is 89.9 Å². The monoisotopic (exact) mass is 1410 g/mol. The Hall–Kier alpha value is -3.53. The molecule has 0 aromatic heterocycles. The van der Waals surface area contributed by atoms with E-state index in [-0.39, 0.29) is 32.2 Å². The highest BCUT2D eigenvalue weighted by Gasteiger charge is 2.22. The highest BCUT2D eigenvalue weighted by Crippen LogP contribution is 2.20. The Morgan fingerprint density at radius 2 is 0.564 bits per heavy atom. The minimum Gasteiger partial charge on any atom is -0.545 e. The second-order valence-corrected chi connectivity index (χ2v) is 30.8. The molecule has 0 aliphatic rings. The number of allylic oxidation sites excluding steroid dienone is 14. The Balaban J connectivity index is 3.92. The number of carboxylic acid groups (broad SMARTS) is 1. The molecule has 0 amide bonds. The zero-order valence-corrected chi connectivity index (χ0v) is 67.5. The van der Waals surface area contributed by atoms with Crippen LogP contribution in [0.3, 0.4) is 0 Å². The standard InChI is InChI=1S/C92H167NO8/c1-6-8-10-12-14-16-18-20-22-24-26-28-30-32-34-36-38-40-42-43-44-45-46-47-49-51-53-55-57-59-61-63-65-67-69-71-73-75-77-79-81-83-90(95)101-88(87-100-92(91(96)97)98-85-84-93(3,4)5)86-99-89(94)82-80-78-76-74-72-70-68-66-64-62-60-58-56-54-52-50-48-41-39-37-35-33-31-29-27-25-23-21-19-17-15-13-11-9-7-2/h8,10,14,16,19-22,25-28,32,34,88,92H,6-7,9,11-13,15,17-18,23-24,29-31,33,35-87H2,1-5H3/b10-8-,16-14-,21-19-,22-20-,27-25-,28-26-,34-32-. The molecular weight excluding hydrogens is 1250 g/mol. The lowest BCUT2D eigenvalue weighted by atomic mass is 10.0. The van der Waals surface area contributed by atoms with E-state index in [9.17, 15) is 19.5 Å². The van der Waals surface area contributed by atoms with Gasteiger partial charge in [-0.2, -0.15) is 0 Å². The van der Waals surface area contributed by atoms with Gasteiger partial charge in [0.2, 0.25) is 0 Å². The summed E-state index contributed by atoms with van der Waals surface area (Å²) in [4.78, 5) is 37.7. The highest BCUT2D eigenvalue weighted by atomic mass is 16.7. The van der Waals surface area contributed by atoms with Gasteiger partial charge in [0, 0.05) is 12.8 Å². The molecule has 0 spiro atoms. The van der Waals surface area contributed by atoms with Crippen LogP contribution in [-0.2, 0) is 33.3 Å². The lowest BCUT2D eigenvalue weighted by molar-refractivity contribution is -0.870. The van der Waals surface area contributed by atoms with Crippen LogP contribution in [0.25, 0.3) is 0 Å². The second-order valence-electron chi connectivity index (χ2n) is 30.8. The summed E-state index contributed by atoms with van der Waals surface area (Å²) < 4.78 is 22.9. The van der Waals surface area contributed by atoms with Gasteiger partial charge in [0.1, 0.15) is 13.2 Å². The van der Waals surface area contributed by atoms with Crippen LogP contribution in [0.4, 0.5) is 0 Å². The quantitative estimate of drug-likeness (QED) is 0.0195. The van der Waals surface area contributed by atoms with Crippen molar-refractivity contribution in [1.29, 1.82) is 0 Å². The van der Waals surface area contributed by atoms with E-state index >= 15 is 0 Å². The van der Waals surface area contributed by atoms with Crippen molar-refractivity contribution in [2.24, 2.45) is 0 Å². The molecule has 0 saturated carbocycles. The second kappa shape index (κ2) is 82.1. The fourth-order valence-corrected chi connectivity index (χ4v) is 13.0. The molecule has 9 nitrogen and oxygen atoms in total. The average Bonchev–Trinajstić information content (AvgIpc) is 1.21. The molecule has 2 unspecified atom stereocenters. The first-order valence-corrected chi connectivity index (χ1v) is 43.7. The largest absolute Gasteiger partial charge is 0.545 e. The smallest absolute Gasteiger partial charge is 0.306 e. The summed E-state index contributed by atoms with van der Waals surface area (Å²) in [6, 6.07) is 0. The number of likely N-dealkylation sites (N-methyl/N-ethyl adjacent to an activating group) is 1. The number of carboxylic acids is 1. The number of esters is 2. The number of carbonyl (C=O) groups excluding carboxylic acids is 3. The number of rotatable bonds is 82. The van der Waals surface area contributed by atoms with Gasteiger partial charge in [0.15, 0.2) is 12.4 Å². The Kier molecular flexibility index (Phi) is 79.3. The van der Waals surface area contributed by atoms with Crippen LogP contribution < -0.4 is 5.11 Å². The number of ether oxygens (including phenoxy) is 4. The first kappa shape index (κ1) is 97.5. The molecule has 0 aliphatic heterocycles. The molecule has 2 atom stereocenters. The van der Waals surface area contributed by atoms with E-state index in [1.807, 2.05) is 21.1 Å². The van der Waals surface area contributed by atoms with Gasteiger partial charge in [0.05, 0.1) is 40.3 Å². The van der Waals surface area contributed by atoms with Crippen LogP contribution in [-0.4, -0.2) is 82.3 Å². The predicted octanol–water partition coefficient (Wildman–Crippen LogP) is 27.2. The fourth-order valence-electron chi connectivity index (χ4n) is 13.0. The predicted molar refractivity (Wildman–Crippen MR) is 435 cm³/mol. The Morgan fingerprint density at radius 1 is 0.307 bits per heavy atom. The van der Waals surface area contributed by atoms with Crippen molar-refractivity contribution >= 4 is 17.9 Å². The van der Waals surface area contributed by atoms with Crippen molar-refractivity contribution in [2.45, 2.75) is 437 Å². The number of nitrogens with zero attached hydrogens (tertiary/aromatic N) is 1. The number of hydrogen-bond acceptors (Lipinski definition) is 8. The number of aliphatic carboxylic acids is 1. The van der Waals surface area contributed by atoms with E-state index < -0.39 is 24.3 Å². The lowest BCUT2D eigenvalue weighted by Crippen LogP contribution is -2.44. The van der Waals surface area contributed by atoms with E-state index in [0.717, 1.165) is 77.0 Å². The maximum Gasteiger partial charge on any atom is 0.306 e. The minimum atomic E-state index is -1.62.